The molecular formula is C90H85N7O12S6. The molecule has 0 bridgehead atoms. The first-order chi connectivity index (χ1) is 56.3. The number of fused-ring (bicyclic) bond motifs is 6. The van der Waals surface area contributed by atoms with Gasteiger partial charge in [-0.1, -0.05) is 96.1 Å². The van der Waals surface area contributed by atoms with Crippen LogP contribution in [0.2, 0.25) is 0 Å². The molecule has 0 radical (unpaired) electrons. The number of thiophene rings is 6. The zero-order valence-electron chi connectivity index (χ0n) is 63.7. The molecule has 25 heteroatoms. The average molecular weight is 1650 g/mol. The highest BCUT2D eigenvalue weighted by atomic mass is 32.1. The van der Waals surface area contributed by atoms with E-state index in [1.807, 2.05) is 85.7 Å². The van der Waals surface area contributed by atoms with Crippen LogP contribution in [0.25, 0.3) is 117 Å². The minimum Gasteiger partial charge on any atom is -0.439 e. The van der Waals surface area contributed by atoms with E-state index in [0.29, 0.717) is 91.2 Å². The Morgan fingerprint density at radius 1 is 0.330 bits per heavy atom. The number of nitrogen functional groups attached to an aromatic ring is 1. The lowest BCUT2D eigenvalue weighted by atomic mass is 10.1. The number of ether oxygens (including phenoxy) is 2. The number of morpholine rings is 2. The van der Waals surface area contributed by atoms with Gasteiger partial charge in [0.2, 0.25) is 27.1 Å². The molecule has 0 atom stereocenters. The third-order valence-electron chi connectivity index (χ3n) is 21.3. The van der Waals surface area contributed by atoms with Crippen molar-refractivity contribution < 1.29 is 31.6 Å². The van der Waals surface area contributed by atoms with Gasteiger partial charge in [-0.05, 0) is 124 Å². The van der Waals surface area contributed by atoms with Crippen LogP contribution in [0.3, 0.4) is 0 Å². The van der Waals surface area contributed by atoms with E-state index in [0.717, 1.165) is 179 Å². The van der Waals surface area contributed by atoms with Crippen molar-refractivity contribution in [2.75, 3.05) is 122 Å². The Morgan fingerprint density at radius 2 is 0.713 bits per heavy atom. The fourth-order valence-corrected chi connectivity index (χ4v) is 20.6. The predicted octanol–water partition coefficient (Wildman–Crippen LogP) is 21.0. The van der Waals surface area contributed by atoms with E-state index in [2.05, 4.69) is 105 Å². The summed E-state index contributed by atoms with van der Waals surface area (Å²) in [7, 11) is 0. The van der Waals surface area contributed by atoms with Crippen LogP contribution in [0.5, 0.6) is 0 Å². The molecular weight excluding hydrogens is 1560 g/mol. The van der Waals surface area contributed by atoms with Gasteiger partial charge < -0.3 is 66.8 Å². The van der Waals surface area contributed by atoms with Crippen molar-refractivity contribution in [1.82, 2.24) is 4.98 Å². The lowest BCUT2D eigenvalue weighted by Gasteiger charge is -2.27. The number of nitrogens with one attached hydrogen (secondary N) is 1. The number of nitrogens with zero attached hydrogens (tertiary/aromatic N) is 5. The number of aromatic nitrogens is 1. The standard InChI is InChI=1S/C20H18N2O2S.C19H19NO2S.C18H17NO3S.C17H16N2O3S.C16H15NO2S2/c23-17-11-18(22-8-4-1-5-9-22)24-19-14(12-25-20(17)19)16-10-13-6-2-3-7-15(13)21-16;1-13-5-7-14(8-6-13)15-12-23-19-16(21)11-17(22-18(15)19)20-9-3-2-4-10-20;1-12-3-2-4-13(9-12)14-11-23-18-15(20)10-16(22-17(14)18)19-5-7-21-8-6-19;18-12-3-1-2-11(8-12)13-10-23-17-14(20)9-15(22-16(13)17)19-4-6-21-7-5-19;18-12-9-14(17-6-2-1-3-7-17)19-15-11(10-21-16(12)15)13-5-4-8-20-13/h2-3,6-7,10-12,21H,1,4-5,8-9H2;5-8,11-12H,2-4,9-10H2,1H3;2-4,9-11H,5-8H2,1H3;1-3,8-10H,4-7,18H2;4-5,8-10H,1-3,6-7H2. The van der Waals surface area contributed by atoms with Gasteiger partial charge in [-0.2, -0.15) is 0 Å². The molecule has 5 aliphatic rings. The van der Waals surface area contributed by atoms with Crippen molar-refractivity contribution in [1.29, 1.82) is 0 Å². The number of hydrogen-bond acceptors (Lipinski definition) is 24. The highest BCUT2D eigenvalue weighted by Crippen LogP contribution is 2.42. The molecule has 0 saturated carbocycles. The van der Waals surface area contributed by atoms with Gasteiger partial charge in [-0.25, -0.2) is 0 Å². The summed E-state index contributed by atoms with van der Waals surface area (Å²) in [5, 5.41) is 13.2. The molecule has 115 heavy (non-hydrogen) atoms. The quantitative estimate of drug-likeness (QED) is 0.121. The fraction of sp³-hybridized carbons (Fsp3) is 0.278. The maximum Gasteiger partial charge on any atom is 0.204 e. The van der Waals surface area contributed by atoms with Gasteiger partial charge in [-0.15, -0.1) is 68.0 Å². The van der Waals surface area contributed by atoms with Crippen LogP contribution in [0.4, 0.5) is 35.1 Å². The summed E-state index contributed by atoms with van der Waals surface area (Å²) in [4.78, 5) is 77.5. The van der Waals surface area contributed by atoms with Crippen LogP contribution < -0.4 is 57.4 Å². The molecule has 5 aliphatic heterocycles. The molecule has 19 nitrogen and oxygen atoms in total. The van der Waals surface area contributed by atoms with Gasteiger partial charge in [0.15, 0.2) is 57.3 Å². The lowest BCUT2D eigenvalue weighted by Crippen LogP contribution is -2.36. The minimum atomic E-state index is -0.00658. The van der Waals surface area contributed by atoms with E-state index in [9.17, 15) is 24.0 Å². The monoisotopic (exact) mass is 1650 g/mol. The summed E-state index contributed by atoms with van der Waals surface area (Å²) < 4.78 is 44.9. The molecule has 3 N–H and O–H groups in total. The number of aromatic amines is 1. The van der Waals surface area contributed by atoms with E-state index >= 15 is 0 Å². The van der Waals surface area contributed by atoms with Crippen molar-refractivity contribution in [2.24, 2.45) is 0 Å². The molecule has 16 aromatic rings. The molecule has 0 unspecified atom stereocenters. The smallest absolute Gasteiger partial charge is 0.204 e. The number of benzene rings is 4. The maximum absolute atomic E-state index is 12.6. The van der Waals surface area contributed by atoms with Crippen LogP contribution in [0, 0.1) is 13.8 Å². The van der Waals surface area contributed by atoms with E-state index in [-0.39, 0.29) is 27.1 Å². The summed E-state index contributed by atoms with van der Waals surface area (Å²) in [5.74, 6) is 3.39. The normalized spacial score (nSPS) is 15.3. The van der Waals surface area contributed by atoms with Crippen LogP contribution >= 0.6 is 68.0 Å². The van der Waals surface area contributed by atoms with Crippen molar-refractivity contribution in [3.8, 4) is 55.1 Å². The zero-order chi connectivity index (χ0) is 78.5. The third-order valence-corrected chi connectivity index (χ3v) is 27.1. The van der Waals surface area contributed by atoms with E-state index in [1.165, 1.54) is 99.9 Å². The van der Waals surface area contributed by atoms with Gasteiger partial charge in [0.05, 0.1) is 37.7 Å². The molecule has 0 amide bonds. The first-order valence-electron chi connectivity index (χ1n) is 39.1. The lowest BCUT2D eigenvalue weighted by molar-refractivity contribution is 0.120. The first kappa shape index (κ1) is 77.0. The highest BCUT2D eigenvalue weighted by Gasteiger charge is 2.26. The Kier molecular flexibility index (Phi) is 23.3. The van der Waals surface area contributed by atoms with Crippen LogP contribution in [0.1, 0.15) is 68.9 Å². The number of rotatable bonds is 10. The zero-order valence-corrected chi connectivity index (χ0v) is 68.6. The topological polar surface area (TPSA) is 228 Å². The van der Waals surface area contributed by atoms with Crippen LogP contribution in [-0.4, -0.2) is 96.9 Å². The van der Waals surface area contributed by atoms with Crippen LogP contribution in [0.15, 0.2) is 224 Å². The Labute approximate surface area is 685 Å². The molecule has 12 aromatic heterocycles. The fourth-order valence-electron chi connectivity index (χ4n) is 15.2. The highest BCUT2D eigenvalue weighted by molar-refractivity contribution is 7.19. The third kappa shape index (κ3) is 17.0. The summed E-state index contributed by atoms with van der Waals surface area (Å²) in [5.41, 5.74) is 22.8. The molecule has 588 valence electrons. The van der Waals surface area contributed by atoms with Crippen molar-refractivity contribution in [2.45, 2.75) is 71.6 Å². The van der Waals surface area contributed by atoms with E-state index in [1.54, 1.807) is 41.7 Å². The Hall–Kier alpha value is -10.6. The van der Waals surface area contributed by atoms with Crippen LogP contribution in [-0.2, 0) is 9.47 Å². The molecule has 5 saturated heterocycles. The van der Waals surface area contributed by atoms with Gasteiger partial charge in [0.25, 0.3) is 0 Å². The summed E-state index contributed by atoms with van der Waals surface area (Å²) >= 11 is 8.93. The summed E-state index contributed by atoms with van der Waals surface area (Å²) in [6, 6.07) is 46.7. The second-order valence-electron chi connectivity index (χ2n) is 29.2. The second-order valence-corrected chi connectivity index (χ2v) is 34.6. The molecule has 17 heterocycles. The SMILES string of the molecule is Cc1ccc(-c2csc3c(=O)cc(N4CCCCC4)oc23)cc1.Cc1cccc(-c2csc3c(=O)cc(N4CCOCC4)oc23)c1.Nc1cccc(-c2csc3c(=O)cc(N4CCOCC4)oc23)c1.O=c1cc(N2CCCCC2)oc2c(-c3cc4ccccc4[nH]3)csc12.O=c1cc(N2CCCCC2)oc2c(-c3cccs3)csc12. The van der Waals surface area contributed by atoms with Gasteiger partial charge in [0, 0.05) is 166 Å². The van der Waals surface area contributed by atoms with E-state index in [4.69, 9.17) is 37.3 Å². The first-order valence-corrected chi connectivity index (χ1v) is 44.4. The molecule has 0 aliphatic carbocycles. The number of nitrogens with two attached hydrogens (primary N) is 1. The van der Waals surface area contributed by atoms with Crippen molar-refractivity contribution in [3.63, 3.8) is 0 Å². The number of H-pyrrole nitrogens is 1. The molecule has 0 spiro atoms. The minimum absolute atomic E-state index is 0.00658. The van der Waals surface area contributed by atoms with E-state index < -0.39 is 0 Å². The number of aryl methyl sites for hydroxylation is 2. The molecule has 21 rings (SSSR count). The van der Waals surface area contributed by atoms with Gasteiger partial charge in [-0.3, -0.25) is 24.0 Å². The Balaban J connectivity index is 0.000000104. The number of piperidine rings is 3. The predicted molar refractivity (Wildman–Crippen MR) is 477 cm³/mol. The van der Waals surface area contributed by atoms with Gasteiger partial charge >= 0.3 is 0 Å². The second kappa shape index (κ2) is 34.8. The largest absolute Gasteiger partial charge is 0.439 e. The summed E-state index contributed by atoms with van der Waals surface area (Å²) in [6.07, 6.45) is 10.7. The van der Waals surface area contributed by atoms with Crippen molar-refractivity contribution >= 4 is 165 Å². The Bertz CT molecular complexity index is 6240. The van der Waals surface area contributed by atoms with Gasteiger partial charge in [0.1, 0.15) is 23.5 Å². The molecule has 4 aromatic carbocycles. The molecule has 5 fully saturated rings. The summed E-state index contributed by atoms with van der Waals surface area (Å²) in [6.45, 7) is 15.5. The number of para-hydroxylation sites is 1. The van der Waals surface area contributed by atoms with Crippen molar-refractivity contribution in [3.05, 3.63) is 240 Å². The number of hydrogen-bond donors (Lipinski definition) is 2. The average Bonchev–Trinajstić information content (AvgIpc) is 1.04. The Morgan fingerprint density at radius 3 is 1.13 bits per heavy atom. The maximum atomic E-state index is 12.6. The number of anilines is 6.